The molecule has 1 aromatic rings. The largest absolute Gasteiger partial charge is 0.388 e. The lowest BCUT2D eigenvalue weighted by Crippen LogP contribution is -2.27. The maximum Gasteiger partial charge on any atom is 0.124 e. The van der Waals surface area contributed by atoms with Gasteiger partial charge in [-0.25, -0.2) is 4.39 Å². The zero-order valence-electron chi connectivity index (χ0n) is 9.84. The van der Waals surface area contributed by atoms with Crippen molar-refractivity contribution in [3.05, 3.63) is 34.1 Å². The zero-order valence-corrected chi connectivity index (χ0v) is 11.4. The minimum Gasteiger partial charge on any atom is -0.388 e. The van der Waals surface area contributed by atoms with E-state index in [9.17, 15) is 4.39 Å². The summed E-state index contributed by atoms with van der Waals surface area (Å²) in [6.45, 7) is 4.40. The van der Waals surface area contributed by atoms with E-state index in [1.165, 1.54) is 12.1 Å². The first-order valence-corrected chi connectivity index (χ1v) is 6.31. The Morgan fingerprint density at radius 1 is 1.53 bits per heavy atom. The van der Waals surface area contributed by atoms with Crippen LogP contribution < -0.4 is 5.73 Å². The molecule has 0 bridgehead atoms. The monoisotopic (exact) mass is 301 g/mol. The molecule has 1 rings (SSSR count). The Morgan fingerprint density at radius 3 is 2.76 bits per heavy atom. The van der Waals surface area contributed by atoms with Gasteiger partial charge in [-0.05, 0) is 24.2 Å². The van der Waals surface area contributed by atoms with Crippen molar-refractivity contribution in [2.75, 3.05) is 13.1 Å². The van der Waals surface area contributed by atoms with Crippen LogP contribution in [0.4, 0.5) is 4.39 Å². The number of hydrogen-bond acceptors (Lipinski definition) is 2. The molecule has 0 radical (unpaired) electrons. The summed E-state index contributed by atoms with van der Waals surface area (Å²) < 4.78 is 13.7. The molecule has 0 heterocycles. The SMILES string of the molecule is CCN(CCC(=N)N)Cc1ccc(F)cc1Br. The lowest BCUT2D eigenvalue weighted by atomic mass is 10.2. The highest BCUT2D eigenvalue weighted by Gasteiger charge is 2.07. The number of nitrogens with zero attached hydrogens (tertiary/aromatic N) is 1. The van der Waals surface area contributed by atoms with Gasteiger partial charge >= 0.3 is 0 Å². The van der Waals surface area contributed by atoms with Crippen LogP contribution in [0.15, 0.2) is 22.7 Å². The van der Waals surface area contributed by atoms with E-state index in [0.29, 0.717) is 6.42 Å². The second-order valence-electron chi connectivity index (χ2n) is 3.88. The Bertz CT molecular complexity index is 395. The third-order valence-corrected chi connectivity index (χ3v) is 3.29. The van der Waals surface area contributed by atoms with Crippen LogP contribution in [0.1, 0.15) is 18.9 Å². The van der Waals surface area contributed by atoms with Gasteiger partial charge in [-0.1, -0.05) is 28.9 Å². The van der Waals surface area contributed by atoms with E-state index in [1.54, 1.807) is 6.07 Å². The van der Waals surface area contributed by atoms with Gasteiger partial charge in [-0.3, -0.25) is 10.3 Å². The van der Waals surface area contributed by atoms with Crippen LogP contribution in [0.2, 0.25) is 0 Å². The number of amidine groups is 1. The molecule has 0 aliphatic heterocycles. The van der Waals surface area contributed by atoms with Gasteiger partial charge in [0.2, 0.25) is 0 Å². The van der Waals surface area contributed by atoms with Gasteiger partial charge in [-0.15, -0.1) is 0 Å². The standard InChI is InChI=1S/C12H17BrFN3/c1-2-17(6-5-12(15)16)8-9-3-4-10(14)7-11(9)13/h3-4,7H,2,5-6,8H2,1H3,(H3,15,16). The lowest BCUT2D eigenvalue weighted by Gasteiger charge is -2.20. The fourth-order valence-electron chi connectivity index (χ4n) is 1.52. The summed E-state index contributed by atoms with van der Waals surface area (Å²) in [7, 11) is 0. The van der Waals surface area contributed by atoms with Gasteiger partial charge in [-0.2, -0.15) is 0 Å². The number of nitrogens with one attached hydrogen (secondary N) is 1. The van der Waals surface area contributed by atoms with Gasteiger partial charge in [0, 0.05) is 24.0 Å². The van der Waals surface area contributed by atoms with Gasteiger partial charge in [0.25, 0.3) is 0 Å². The van der Waals surface area contributed by atoms with Crippen molar-refractivity contribution in [2.45, 2.75) is 19.9 Å². The van der Waals surface area contributed by atoms with E-state index < -0.39 is 0 Å². The highest BCUT2D eigenvalue weighted by Crippen LogP contribution is 2.19. The Balaban J connectivity index is 2.63. The number of nitrogens with two attached hydrogens (primary N) is 1. The summed E-state index contributed by atoms with van der Waals surface area (Å²) in [5.41, 5.74) is 6.38. The third kappa shape index (κ3) is 4.83. The van der Waals surface area contributed by atoms with E-state index in [2.05, 4.69) is 27.8 Å². The zero-order chi connectivity index (χ0) is 12.8. The Labute approximate surface area is 109 Å². The summed E-state index contributed by atoms with van der Waals surface area (Å²) in [6, 6.07) is 4.70. The molecule has 1 aromatic carbocycles. The lowest BCUT2D eigenvalue weighted by molar-refractivity contribution is 0.287. The van der Waals surface area contributed by atoms with Crippen LogP contribution in [0.5, 0.6) is 0 Å². The van der Waals surface area contributed by atoms with Gasteiger partial charge < -0.3 is 5.73 Å². The van der Waals surface area contributed by atoms with Crippen molar-refractivity contribution in [3.8, 4) is 0 Å². The highest BCUT2D eigenvalue weighted by molar-refractivity contribution is 9.10. The van der Waals surface area contributed by atoms with Gasteiger partial charge in [0.05, 0.1) is 5.84 Å². The molecule has 0 saturated carbocycles. The molecule has 0 unspecified atom stereocenters. The van der Waals surface area contributed by atoms with Crippen molar-refractivity contribution in [2.24, 2.45) is 5.73 Å². The summed E-state index contributed by atoms with van der Waals surface area (Å²) in [5, 5.41) is 7.21. The predicted octanol–water partition coefficient (Wildman–Crippen LogP) is 2.74. The second kappa shape index (κ2) is 6.71. The number of benzene rings is 1. The van der Waals surface area contributed by atoms with Crippen LogP contribution in [0.25, 0.3) is 0 Å². The number of rotatable bonds is 6. The molecule has 0 fully saturated rings. The molecule has 3 nitrogen and oxygen atoms in total. The molecule has 17 heavy (non-hydrogen) atoms. The van der Waals surface area contributed by atoms with Crippen molar-refractivity contribution >= 4 is 21.8 Å². The predicted molar refractivity (Wildman–Crippen MR) is 71.6 cm³/mol. The van der Waals surface area contributed by atoms with Crippen LogP contribution in [-0.2, 0) is 6.54 Å². The maximum atomic E-state index is 12.9. The van der Waals surface area contributed by atoms with Crippen LogP contribution in [0.3, 0.4) is 0 Å². The van der Waals surface area contributed by atoms with E-state index in [0.717, 1.165) is 29.7 Å². The maximum absolute atomic E-state index is 12.9. The van der Waals surface area contributed by atoms with Crippen LogP contribution in [0, 0.1) is 11.2 Å². The van der Waals surface area contributed by atoms with Crippen LogP contribution >= 0.6 is 15.9 Å². The molecule has 3 N–H and O–H groups in total. The Hall–Kier alpha value is -0.940. The Kier molecular flexibility index (Phi) is 5.58. The molecule has 0 spiro atoms. The molecule has 0 atom stereocenters. The summed E-state index contributed by atoms with van der Waals surface area (Å²) in [5.74, 6) is -0.0472. The van der Waals surface area contributed by atoms with E-state index in [-0.39, 0.29) is 11.7 Å². The number of hydrogen-bond donors (Lipinski definition) is 2. The molecule has 0 amide bonds. The molecule has 0 aromatic heterocycles. The second-order valence-corrected chi connectivity index (χ2v) is 4.73. The van der Waals surface area contributed by atoms with E-state index in [4.69, 9.17) is 11.1 Å². The molecule has 0 aliphatic rings. The molecular weight excluding hydrogens is 285 g/mol. The van der Waals surface area contributed by atoms with Crippen LogP contribution in [-0.4, -0.2) is 23.8 Å². The van der Waals surface area contributed by atoms with E-state index >= 15 is 0 Å². The molecule has 0 aliphatic carbocycles. The molecular formula is C12H17BrFN3. The quantitative estimate of drug-likeness (QED) is 0.627. The van der Waals surface area contributed by atoms with Crippen molar-refractivity contribution < 1.29 is 4.39 Å². The Morgan fingerprint density at radius 2 is 2.24 bits per heavy atom. The number of halogens is 2. The van der Waals surface area contributed by atoms with Crippen molar-refractivity contribution in [1.29, 1.82) is 5.41 Å². The topological polar surface area (TPSA) is 53.1 Å². The minimum absolute atomic E-state index is 0.196. The first kappa shape index (κ1) is 14.1. The molecule has 94 valence electrons. The molecule has 0 saturated heterocycles. The first-order valence-electron chi connectivity index (χ1n) is 5.52. The average Bonchev–Trinajstić information content (AvgIpc) is 2.26. The van der Waals surface area contributed by atoms with Crippen molar-refractivity contribution in [3.63, 3.8) is 0 Å². The minimum atomic E-state index is -0.243. The fraction of sp³-hybridized carbons (Fsp3) is 0.417. The first-order chi connectivity index (χ1) is 8.02. The average molecular weight is 302 g/mol. The van der Waals surface area contributed by atoms with Crippen molar-refractivity contribution in [1.82, 2.24) is 4.90 Å². The fourth-order valence-corrected chi connectivity index (χ4v) is 1.99. The third-order valence-electron chi connectivity index (χ3n) is 2.55. The van der Waals surface area contributed by atoms with Gasteiger partial charge in [0.15, 0.2) is 0 Å². The summed E-state index contributed by atoms with van der Waals surface area (Å²) in [4.78, 5) is 2.17. The van der Waals surface area contributed by atoms with Gasteiger partial charge in [0.1, 0.15) is 5.82 Å². The normalized spacial score (nSPS) is 10.8. The summed E-state index contributed by atoms with van der Waals surface area (Å²) >= 11 is 3.35. The smallest absolute Gasteiger partial charge is 0.124 e. The van der Waals surface area contributed by atoms with E-state index in [1.807, 2.05) is 0 Å². The highest BCUT2D eigenvalue weighted by atomic mass is 79.9. The molecule has 5 heteroatoms. The summed E-state index contributed by atoms with van der Waals surface area (Å²) in [6.07, 6.45) is 0.562.